The van der Waals surface area contributed by atoms with Crippen molar-refractivity contribution in [3.8, 4) is 0 Å². The van der Waals surface area contributed by atoms with Crippen molar-refractivity contribution in [1.29, 1.82) is 0 Å². The highest BCUT2D eigenvalue weighted by molar-refractivity contribution is 5.93. The van der Waals surface area contributed by atoms with Crippen LogP contribution in [0.2, 0.25) is 0 Å². The number of carbonyl (C=O) groups is 2. The van der Waals surface area contributed by atoms with Crippen LogP contribution >= 0.6 is 0 Å². The van der Waals surface area contributed by atoms with Gasteiger partial charge in [-0.1, -0.05) is 6.58 Å². The van der Waals surface area contributed by atoms with E-state index in [1.165, 1.54) is 0 Å². The van der Waals surface area contributed by atoms with Crippen molar-refractivity contribution in [2.75, 3.05) is 26.3 Å². The Bertz CT molecular complexity index is 456. The summed E-state index contributed by atoms with van der Waals surface area (Å²) in [6, 6.07) is 0. The molecular formula is C17H25NO5. The average molecular weight is 323 g/mol. The molecule has 0 aromatic rings. The Morgan fingerprint density at radius 1 is 1.04 bits per heavy atom. The Hall–Kier alpha value is -1.40. The van der Waals surface area contributed by atoms with Gasteiger partial charge < -0.3 is 19.5 Å². The smallest absolute Gasteiger partial charge is 0.334 e. The van der Waals surface area contributed by atoms with Gasteiger partial charge in [0.25, 0.3) is 0 Å². The van der Waals surface area contributed by atoms with E-state index in [-0.39, 0.29) is 24.2 Å². The minimum atomic E-state index is -0.460. The fourth-order valence-corrected chi connectivity index (χ4v) is 3.70. The Labute approximate surface area is 136 Å². The van der Waals surface area contributed by atoms with Crippen LogP contribution in [-0.2, 0) is 23.8 Å². The number of nitrogens with one attached hydrogen (secondary N) is 1. The van der Waals surface area contributed by atoms with Crippen molar-refractivity contribution >= 4 is 11.9 Å². The third-order valence-corrected chi connectivity index (χ3v) is 5.01. The first-order chi connectivity index (χ1) is 11.1. The van der Waals surface area contributed by atoms with E-state index in [2.05, 4.69) is 11.9 Å². The van der Waals surface area contributed by atoms with Gasteiger partial charge in [-0.3, -0.25) is 4.79 Å². The lowest BCUT2D eigenvalue weighted by Crippen LogP contribution is -2.44. The predicted octanol–water partition coefficient (Wildman–Crippen LogP) is 1.20. The summed E-state index contributed by atoms with van der Waals surface area (Å²) in [6.07, 6.45) is 3.35. The first kappa shape index (κ1) is 16.5. The van der Waals surface area contributed by atoms with E-state index in [1.807, 2.05) is 0 Å². The van der Waals surface area contributed by atoms with Crippen LogP contribution in [0.4, 0.5) is 0 Å². The van der Waals surface area contributed by atoms with Crippen molar-refractivity contribution < 1.29 is 23.8 Å². The molecule has 0 radical (unpaired) electrons. The van der Waals surface area contributed by atoms with Crippen LogP contribution in [0.15, 0.2) is 12.2 Å². The van der Waals surface area contributed by atoms with Crippen molar-refractivity contribution in [3.05, 3.63) is 12.2 Å². The van der Waals surface area contributed by atoms with Crippen molar-refractivity contribution in [2.24, 2.45) is 11.8 Å². The van der Waals surface area contributed by atoms with Crippen LogP contribution in [0.25, 0.3) is 0 Å². The van der Waals surface area contributed by atoms with Crippen LogP contribution in [0.3, 0.4) is 0 Å². The largest absolute Gasteiger partial charge is 0.462 e. The van der Waals surface area contributed by atoms with Crippen LogP contribution < -0.4 is 5.32 Å². The fraction of sp³-hybridized carbons (Fsp3) is 0.765. The van der Waals surface area contributed by atoms with Gasteiger partial charge in [-0.15, -0.1) is 0 Å². The van der Waals surface area contributed by atoms with Gasteiger partial charge in [-0.25, -0.2) is 4.79 Å². The molecule has 3 fully saturated rings. The minimum absolute atomic E-state index is 0.0352. The summed E-state index contributed by atoms with van der Waals surface area (Å²) in [4.78, 5) is 24.1. The van der Waals surface area contributed by atoms with Crippen LogP contribution in [0, 0.1) is 11.8 Å². The van der Waals surface area contributed by atoms with Crippen LogP contribution in [-0.4, -0.2) is 50.4 Å². The molecule has 2 bridgehead atoms. The molecule has 0 spiro atoms. The number of piperidine rings is 1. The zero-order valence-electron chi connectivity index (χ0n) is 13.4. The molecule has 1 saturated carbocycles. The van der Waals surface area contributed by atoms with E-state index in [0.717, 1.165) is 25.9 Å². The molecule has 2 saturated heterocycles. The van der Waals surface area contributed by atoms with E-state index in [4.69, 9.17) is 14.2 Å². The van der Waals surface area contributed by atoms with Gasteiger partial charge >= 0.3 is 11.9 Å². The minimum Gasteiger partial charge on any atom is -0.462 e. The van der Waals surface area contributed by atoms with Crippen LogP contribution in [0.1, 0.15) is 32.1 Å². The molecule has 1 N–H and O–H groups in total. The number of hydrogen-bond acceptors (Lipinski definition) is 6. The average Bonchev–Trinajstić information content (AvgIpc) is 2.76. The lowest BCUT2D eigenvalue weighted by atomic mass is 9.96. The first-order valence-corrected chi connectivity index (χ1v) is 8.50. The van der Waals surface area contributed by atoms with E-state index in [0.29, 0.717) is 37.9 Å². The van der Waals surface area contributed by atoms with Gasteiger partial charge in [0.1, 0.15) is 12.2 Å². The fourth-order valence-electron chi connectivity index (χ4n) is 3.70. The molecule has 3 atom stereocenters. The summed E-state index contributed by atoms with van der Waals surface area (Å²) in [7, 11) is 0. The quantitative estimate of drug-likeness (QED) is 0.605. The Morgan fingerprint density at radius 3 is 2.35 bits per heavy atom. The molecule has 1 aliphatic carbocycles. The second-order valence-corrected chi connectivity index (χ2v) is 6.71. The number of ether oxygens (including phenoxy) is 3. The molecule has 0 aromatic carbocycles. The highest BCUT2D eigenvalue weighted by atomic mass is 16.6. The third-order valence-electron chi connectivity index (χ3n) is 5.01. The predicted molar refractivity (Wildman–Crippen MR) is 82.7 cm³/mol. The molecule has 3 aliphatic rings. The van der Waals surface area contributed by atoms with E-state index in [9.17, 15) is 9.59 Å². The van der Waals surface area contributed by atoms with E-state index >= 15 is 0 Å². The zero-order chi connectivity index (χ0) is 16.2. The Kier molecular flexibility index (Phi) is 5.33. The Balaban J connectivity index is 1.44. The summed E-state index contributed by atoms with van der Waals surface area (Å²) in [5, 5.41) is 3.36. The molecule has 128 valence electrons. The van der Waals surface area contributed by atoms with Gasteiger partial charge in [-0.05, 0) is 12.8 Å². The Morgan fingerprint density at radius 2 is 1.70 bits per heavy atom. The number of esters is 2. The molecule has 0 aromatic heterocycles. The maximum Gasteiger partial charge on any atom is 0.334 e. The topological polar surface area (TPSA) is 73.9 Å². The van der Waals surface area contributed by atoms with Crippen LogP contribution in [0.5, 0.6) is 0 Å². The third kappa shape index (κ3) is 4.12. The second-order valence-electron chi connectivity index (χ2n) is 6.71. The lowest BCUT2D eigenvalue weighted by Gasteiger charge is -2.30. The highest BCUT2D eigenvalue weighted by Crippen LogP contribution is 2.36. The highest BCUT2D eigenvalue weighted by Gasteiger charge is 2.41. The summed E-state index contributed by atoms with van der Waals surface area (Å²) in [6.45, 7) is 6.72. The molecule has 2 heterocycles. The summed E-state index contributed by atoms with van der Waals surface area (Å²) in [5.74, 6) is -0.0933. The van der Waals surface area contributed by atoms with Crippen molar-refractivity contribution in [3.63, 3.8) is 0 Å². The monoisotopic (exact) mass is 323 g/mol. The SMILES string of the molecule is C=C(CC(=O)OC1CCOCC1)C(=O)O[C@H]1[C@@H]2CC[C@H]1CNC2. The standard InChI is InChI=1S/C17H25NO5/c1-11(8-15(19)22-14-4-6-21-7-5-14)17(20)23-16-12-2-3-13(16)10-18-9-12/h12-14,16,18H,1-10H2/t12-,13+,16+. The molecule has 6 nitrogen and oxygen atoms in total. The molecular weight excluding hydrogens is 298 g/mol. The molecule has 3 rings (SSSR count). The van der Waals surface area contributed by atoms with E-state index < -0.39 is 11.9 Å². The van der Waals surface area contributed by atoms with Gasteiger partial charge in [0.05, 0.1) is 19.6 Å². The zero-order valence-corrected chi connectivity index (χ0v) is 13.4. The summed E-state index contributed by atoms with van der Waals surface area (Å²) < 4.78 is 16.2. The summed E-state index contributed by atoms with van der Waals surface area (Å²) >= 11 is 0. The second kappa shape index (κ2) is 7.45. The number of hydrogen-bond donors (Lipinski definition) is 1. The van der Waals surface area contributed by atoms with E-state index in [1.54, 1.807) is 0 Å². The molecule has 2 aliphatic heterocycles. The molecule has 0 amide bonds. The van der Waals surface area contributed by atoms with Gasteiger partial charge in [0, 0.05) is 43.3 Å². The number of carbonyl (C=O) groups excluding carboxylic acids is 2. The number of fused-ring (bicyclic) bond motifs is 2. The maximum absolute atomic E-state index is 12.2. The normalized spacial score (nSPS) is 30.7. The summed E-state index contributed by atoms with van der Waals surface area (Å²) in [5.41, 5.74) is 0.181. The van der Waals surface area contributed by atoms with Gasteiger partial charge in [0.2, 0.25) is 0 Å². The van der Waals surface area contributed by atoms with Crippen molar-refractivity contribution in [1.82, 2.24) is 5.32 Å². The number of rotatable bonds is 5. The van der Waals surface area contributed by atoms with Crippen molar-refractivity contribution in [2.45, 2.75) is 44.3 Å². The molecule has 0 unspecified atom stereocenters. The molecule has 23 heavy (non-hydrogen) atoms. The first-order valence-electron chi connectivity index (χ1n) is 8.50. The lowest BCUT2D eigenvalue weighted by molar-refractivity contribution is -0.156. The molecule has 6 heteroatoms. The maximum atomic E-state index is 12.2. The van der Waals surface area contributed by atoms with Gasteiger partial charge in [-0.2, -0.15) is 0 Å². The van der Waals surface area contributed by atoms with Gasteiger partial charge in [0.15, 0.2) is 0 Å².